The van der Waals surface area contributed by atoms with Gasteiger partial charge in [-0.2, -0.15) is 0 Å². The number of benzene rings is 1. The minimum Gasteiger partial charge on any atom is -0.493 e. The van der Waals surface area contributed by atoms with E-state index in [0.717, 1.165) is 25.3 Å². The van der Waals surface area contributed by atoms with Gasteiger partial charge >= 0.3 is 5.97 Å². The molecule has 0 unspecified atom stereocenters. The Morgan fingerprint density at radius 2 is 2.05 bits per heavy atom. The zero-order valence-electron chi connectivity index (χ0n) is 12.0. The standard InChI is InChI=1S/C17H16N2O3/c20-16(21)13-5-3-7-18-15(13)19-9-17(10-19)8-12-4-1-2-6-14(12)22-11-17/h1-7H,8-11H2,(H,20,21). The Balaban J connectivity index is 1.55. The molecule has 2 aromatic rings. The van der Waals surface area contributed by atoms with Crippen molar-refractivity contribution in [2.75, 3.05) is 24.6 Å². The fourth-order valence-electron chi connectivity index (χ4n) is 3.41. The van der Waals surface area contributed by atoms with Gasteiger partial charge in [0, 0.05) is 24.7 Å². The zero-order chi connectivity index (χ0) is 15.2. The average Bonchev–Trinajstić information content (AvgIpc) is 2.52. The lowest BCUT2D eigenvalue weighted by atomic mass is 9.74. The van der Waals surface area contributed by atoms with Crippen LogP contribution in [0.5, 0.6) is 5.75 Å². The summed E-state index contributed by atoms with van der Waals surface area (Å²) < 4.78 is 5.88. The molecule has 1 N–H and O–H groups in total. The third kappa shape index (κ3) is 2.01. The number of hydrogen-bond donors (Lipinski definition) is 1. The Bertz CT molecular complexity index is 738. The van der Waals surface area contributed by atoms with Crippen molar-refractivity contribution in [3.05, 3.63) is 53.7 Å². The number of rotatable bonds is 2. The zero-order valence-corrected chi connectivity index (χ0v) is 12.0. The number of ether oxygens (including phenoxy) is 1. The van der Waals surface area contributed by atoms with Gasteiger partial charge in [-0.3, -0.25) is 0 Å². The van der Waals surface area contributed by atoms with Crippen molar-refractivity contribution in [3.63, 3.8) is 0 Å². The first-order valence-electron chi connectivity index (χ1n) is 7.31. The summed E-state index contributed by atoms with van der Waals surface area (Å²) in [5.41, 5.74) is 1.56. The van der Waals surface area contributed by atoms with Gasteiger partial charge in [0.15, 0.2) is 0 Å². The predicted molar refractivity (Wildman–Crippen MR) is 81.5 cm³/mol. The van der Waals surface area contributed by atoms with Crippen molar-refractivity contribution >= 4 is 11.8 Å². The van der Waals surface area contributed by atoms with Gasteiger partial charge in [0.1, 0.15) is 17.1 Å². The summed E-state index contributed by atoms with van der Waals surface area (Å²) in [5.74, 6) is 0.587. The highest BCUT2D eigenvalue weighted by molar-refractivity contribution is 5.93. The average molecular weight is 296 g/mol. The Morgan fingerprint density at radius 1 is 1.23 bits per heavy atom. The molecule has 1 aromatic carbocycles. The second kappa shape index (κ2) is 4.73. The number of aromatic nitrogens is 1. The lowest BCUT2D eigenvalue weighted by Crippen LogP contribution is -2.62. The van der Waals surface area contributed by atoms with E-state index in [0.29, 0.717) is 12.4 Å². The molecular formula is C17H16N2O3. The molecule has 3 heterocycles. The number of aromatic carboxylic acids is 1. The fourth-order valence-corrected chi connectivity index (χ4v) is 3.41. The molecule has 112 valence electrons. The van der Waals surface area contributed by atoms with Gasteiger partial charge in [0.25, 0.3) is 0 Å². The predicted octanol–water partition coefficient (Wildman–Crippen LogP) is 2.22. The molecular weight excluding hydrogens is 280 g/mol. The molecule has 5 heteroatoms. The van der Waals surface area contributed by atoms with Gasteiger partial charge in [-0.25, -0.2) is 9.78 Å². The van der Waals surface area contributed by atoms with Crippen LogP contribution in [0.15, 0.2) is 42.6 Å². The Kier molecular flexibility index (Phi) is 2.82. The van der Waals surface area contributed by atoms with E-state index >= 15 is 0 Å². The maximum absolute atomic E-state index is 11.3. The molecule has 2 aliphatic rings. The molecule has 0 saturated carbocycles. The number of hydrogen-bond acceptors (Lipinski definition) is 4. The second-order valence-electron chi connectivity index (χ2n) is 6.11. The number of nitrogens with zero attached hydrogens (tertiary/aromatic N) is 2. The first-order valence-corrected chi connectivity index (χ1v) is 7.31. The molecule has 4 rings (SSSR count). The molecule has 0 bridgehead atoms. The number of carboxylic acid groups (broad SMARTS) is 1. The molecule has 1 aromatic heterocycles. The topological polar surface area (TPSA) is 62.7 Å². The monoisotopic (exact) mass is 296 g/mol. The summed E-state index contributed by atoms with van der Waals surface area (Å²) in [6.45, 7) is 2.23. The molecule has 2 aliphatic heterocycles. The minimum atomic E-state index is -0.936. The quantitative estimate of drug-likeness (QED) is 0.920. The summed E-state index contributed by atoms with van der Waals surface area (Å²) >= 11 is 0. The Morgan fingerprint density at radius 3 is 2.86 bits per heavy atom. The third-order valence-corrected chi connectivity index (χ3v) is 4.44. The maximum atomic E-state index is 11.3. The van der Waals surface area contributed by atoms with Crippen molar-refractivity contribution in [2.24, 2.45) is 5.41 Å². The van der Waals surface area contributed by atoms with Crippen LogP contribution in [-0.2, 0) is 6.42 Å². The number of para-hydroxylation sites is 1. The molecule has 1 spiro atoms. The smallest absolute Gasteiger partial charge is 0.339 e. The van der Waals surface area contributed by atoms with E-state index < -0.39 is 5.97 Å². The van der Waals surface area contributed by atoms with Crippen LogP contribution in [0.25, 0.3) is 0 Å². The van der Waals surface area contributed by atoms with Crippen LogP contribution in [0, 0.1) is 5.41 Å². The van der Waals surface area contributed by atoms with Crippen LogP contribution in [0.1, 0.15) is 15.9 Å². The second-order valence-corrected chi connectivity index (χ2v) is 6.11. The SMILES string of the molecule is O=C(O)c1cccnc1N1CC2(COc3ccccc3C2)C1. The molecule has 5 nitrogen and oxygen atoms in total. The van der Waals surface area contributed by atoms with E-state index in [9.17, 15) is 9.90 Å². The lowest BCUT2D eigenvalue weighted by molar-refractivity contribution is 0.0691. The molecule has 0 aliphatic carbocycles. The summed E-state index contributed by atoms with van der Waals surface area (Å²) in [5, 5.41) is 9.27. The number of pyridine rings is 1. The van der Waals surface area contributed by atoms with Crippen molar-refractivity contribution < 1.29 is 14.6 Å². The van der Waals surface area contributed by atoms with E-state index in [-0.39, 0.29) is 11.0 Å². The van der Waals surface area contributed by atoms with Crippen molar-refractivity contribution in [3.8, 4) is 5.75 Å². The molecule has 0 radical (unpaired) electrons. The van der Waals surface area contributed by atoms with Gasteiger partial charge in [0.2, 0.25) is 0 Å². The van der Waals surface area contributed by atoms with Crippen molar-refractivity contribution in [1.82, 2.24) is 4.98 Å². The third-order valence-electron chi connectivity index (χ3n) is 4.44. The summed E-state index contributed by atoms with van der Waals surface area (Å²) in [7, 11) is 0. The lowest BCUT2D eigenvalue weighted by Gasteiger charge is -2.52. The van der Waals surface area contributed by atoms with E-state index in [1.165, 1.54) is 5.56 Å². The highest BCUT2D eigenvalue weighted by Crippen LogP contribution is 2.42. The first kappa shape index (κ1) is 13.1. The van der Waals surface area contributed by atoms with Crippen LogP contribution in [0.3, 0.4) is 0 Å². The number of carboxylic acids is 1. The number of anilines is 1. The fraction of sp³-hybridized carbons (Fsp3) is 0.294. The highest BCUT2D eigenvalue weighted by Gasteiger charge is 2.47. The van der Waals surface area contributed by atoms with Gasteiger partial charge < -0.3 is 14.7 Å². The summed E-state index contributed by atoms with van der Waals surface area (Å²) in [6.07, 6.45) is 2.61. The maximum Gasteiger partial charge on any atom is 0.339 e. The summed E-state index contributed by atoms with van der Waals surface area (Å²) in [6, 6.07) is 11.4. The van der Waals surface area contributed by atoms with E-state index in [1.54, 1.807) is 18.3 Å². The molecule has 0 atom stereocenters. The highest BCUT2D eigenvalue weighted by atomic mass is 16.5. The van der Waals surface area contributed by atoms with Crippen LogP contribution in [-0.4, -0.2) is 35.8 Å². The summed E-state index contributed by atoms with van der Waals surface area (Å²) in [4.78, 5) is 17.6. The van der Waals surface area contributed by atoms with E-state index in [4.69, 9.17) is 4.74 Å². The Hall–Kier alpha value is -2.56. The van der Waals surface area contributed by atoms with Crippen molar-refractivity contribution in [2.45, 2.75) is 6.42 Å². The molecule has 0 amide bonds. The van der Waals surface area contributed by atoms with Crippen LogP contribution >= 0.6 is 0 Å². The number of carbonyl (C=O) groups is 1. The van der Waals surface area contributed by atoms with Crippen molar-refractivity contribution in [1.29, 1.82) is 0 Å². The molecule has 1 saturated heterocycles. The molecule has 1 fully saturated rings. The van der Waals surface area contributed by atoms with E-state index in [1.807, 2.05) is 23.1 Å². The largest absolute Gasteiger partial charge is 0.493 e. The Labute approximate surface area is 128 Å². The van der Waals surface area contributed by atoms with Gasteiger partial charge in [-0.1, -0.05) is 18.2 Å². The van der Waals surface area contributed by atoms with E-state index in [2.05, 4.69) is 11.1 Å². The van der Waals surface area contributed by atoms with Crippen LogP contribution in [0.2, 0.25) is 0 Å². The van der Waals surface area contributed by atoms with Crippen LogP contribution < -0.4 is 9.64 Å². The molecule has 22 heavy (non-hydrogen) atoms. The minimum absolute atomic E-state index is 0.0711. The van der Waals surface area contributed by atoms with Crippen LogP contribution in [0.4, 0.5) is 5.82 Å². The van der Waals surface area contributed by atoms with Gasteiger partial charge in [-0.15, -0.1) is 0 Å². The van der Waals surface area contributed by atoms with Gasteiger partial charge in [0.05, 0.1) is 6.61 Å². The first-order chi connectivity index (χ1) is 10.7. The number of fused-ring (bicyclic) bond motifs is 1. The van der Waals surface area contributed by atoms with Gasteiger partial charge in [-0.05, 0) is 30.2 Å². The normalized spacial score (nSPS) is 18.3.